The van der Waals surface area contributed by atoms with Gasteiger partial charge in [0.25, 0.3) is 0 Å². The Morgan fingerprint density at radius 2 is 2.19 bits per heavy atom. The normalized spacial score (nSPS) is 18.8. The maximum Gasteiger partial charge on any atom is 0.136 e. The largest absolute Gasteiger partial charge is 0.312 e. The molecule has 2 N–H and O–H groups in total. The standard InChI is InChI=1S/C12H13FN2S/c13-10-3-1-2-4-11(10)16-8-12(15,7-14)9-5-6-9/h1-4,9H,5-6,8,15H2. The molecule has 0 amide bonds. The van der Waals surface area contributed by atoms with Gasteiger partial charge in [0.1, 0.15) is 11.4 Å². The van der Waals surface area contributed by atoms with Crippen LogP contribution in [0.4, 0.5) is 4.39 Å². The number of hydrogen-bond acceptors (Lipinski definition) is 3. The van der Waals surface area contributed by atoms with E-state index in [-0.39, 0.29) is 11.7 Å². The molecule has 1 aromatic carbocycles. The molecule has 1 atom stereocenters. The van der Waals surface area contributed by atoms with Gasteiger partial charge in [-0.05, 0) is 30.9 Å². The molecule has 0 bridgehead atoms. The molecule has 1 fully saturated rings. The molecule has 1 aromatic rings. The molecule has 1 aliphatic rings. The van der Waals surface area contributed by atoms with Gasteiger partial charge in [-0.25, -0.2) is 4.39 Å². The van der Waals surface area contributed by atoms with Gasteiger partial charge >= 0.3 is 0 Å². The zero-order valence-electron chi connectivity index (χ0n) is 8.82. The first-order chi connectivity index (χ1) is 7.65. The van der Waals surface area contributed by atoms with Gasteiger partial charge in [0.2, 0.25) is 0 Å². The Morgan fingerprint density at radius 1 is 1.50 bits per heavy atom. The Morgan fingerprint density at radius 3 is 2.75 bits per heavy atom. The molecule has 16 heavy (non-hydrogen) atoms. The van der Waals surface area contributed by atoms with E-state index in [0.29, 0.717) is 10.6 Å². The molecule has 0 spiro atoms. The van der Waals surface area contributed by atoms with E-state index in [0.717, 1.165) is 12.8 Å². The summed E-state index contributed by atoms with van der Waals surface area (Å²) in [5.41, 5.74) is 5.20. The summed E-state index contributed by atoms with van der Waals surface area (Å²) in [6.45, 7) is 0. The lowest BCUT2D eigenvalue weighted by Gasteiger charge is -2.20. The molecule has 2 nitrogen and oxygen atoms in total. The topological polar surface area (TPSA) is 49.8 Å². The highest BCUT2D eigenvalue weighted by atomic mass is 32.2. The molecule has 84 valence electrons. The molecular weight excluding hydrogens is 223 g/mol. The van der Waals surface area contributed by atoms with Gasteiger partial charge < -0.3 is 5.73 Å². The van der Waals surface area contributed by atoms with Crippen molar-refractivity contribution in [3.05, 3.63) is 30.1 Å². The number of rotatable bonds is 4. The number of benzene rings is 1. The van der Waals surface area contributed by atoms with E-state index in [1.807, 2.05) is 0 Å². The highest BCUT2D eigenvalue weighted by molar-refractivity contribution is 7.99. The Kier molecular flexibility index (Phi) is 3.17. The molecule has 1 unspecified atom stereocenters. The molecule has 0 aliphatic heterocycles. The fourth-order valence-electron chi connectivity index (χ4n) is 1.60. The minimum atomic E-state index is -0.799. The third-order valence-corrected chi connectivity index (χ3v) is 4.08. The molecule has 0 heterocycles. The fourth-order valence-corrected chi connectivity index (χ4v) is 2.67. The summed E-state index contributed by atoms with van der Waals surface area (Å²) in [6, 6.07) is 8.74. The van der Waals surface area contributed by atoms with Crippen LogP contribution in [0.3, 0.4) is 0 Å². The van der Waals surface area contributed by atoms with Crippen LogP contribution in [0.25, 0.3) is 0 Å². The second-order valence-corrected chi connectivity index (χ2v) is 5.16. The summed E-state index contributed by atoms with van der Waals surface area (Å²) in [6.07, 6.45) is 2.03. The summed E-state index contributed by atoms with van der Waals surface area (Å²) in [4.78, 5) is 0.563. The summed E-state index contributed by atoms with van der Waals surface area (Å²) in [5, 5.41) is 9.06. The van der Waals surface area contributed by atoms with Crippen molar-refractivity contribution in [3.8, 4) is 6.07 Å². The van der Waals surface area contributed by atoms with Crippen LogP contribution in [-0.2, 0) is 0 Å². The maximum absolute atomic E-state index is 13.3. The summed E-state index contributed by atoms with van der Waals surface area (Å²) < 4.78 is 13.3. The average Bonchev–Trinajstić information content (AvgIpc) is 3.12. The summed E-state index contributed by atoms with van der Waals surface area (Å²) in [7, 11) is 0. The van der Waals surface area contributed by atoms with E-state index in [1.54, 1.807) is 18.2 Å². The van der Waals surface area contributed by atoms with Crippen molar-refractivity contribution in [1.82, 2.24) is 0 Å². The van der Waals surface area contributed by atoms with Crippen LogP contribution < -0.4 is 5.73 Å². The van der Waals surface area contributed by atoms with Crippen LogP contribution in [0.15, 0.2) is 29.2 Å². The Balaban J connectivity index is 2.02. The third kappa shape index (κ3) is 2.37. The monoisotopic (exact) mass is 236 g/mol. The van der Waals surface area contributed by atoms with Gasteiger partial charge in [-0.2, -0.15) is 5.26 Å². The molecular formula is C12H13FN2S. The van der Waals surface area contributed by atoms with Crippen LogP contribution >= 0.6 is 11.8 Å². The quantitative estimate of drug-likeness (QED) is 0.817. The van der Waals surface area contributed by atoms with Crippen molar-refractivity contribution in [2.75, 3.05) is 5.75 Å². The minimum Gasteiger partial charge on any atom is -0.312 e. The van der Waals surface area contributed by atoms with Crippen molar-refractivity contribution in [3.63, 3.8) is 0 Å². The lowest BCUT2D eigenvalue weighted by molar-refractivity contribution is 0.531. The van der Waals surface area contributed by atoms with Crippen molar-refractivity contribution in [1.29, 1.82) is 5.26 Å². The average molecular weight is 236 g/mol. The predicted molar refractivity (Wildman–Crippen MR) is 62.4 cm³/mol. The van der Waals surface area contributed by atoms with Gasteiger partial charge in [0.15, 0.2) is 0 Å². The van der Waals surface area contributed by atoms with E-state index in [2.05, 4.69) is 6.07 Å². The molecule has 1 aliphatic carbocycles. The first-order valence-corrected chi connectivity index (χ1v) is 6.22. The van der Waals surface area contributed by atoms with E-state index in [1.165, 1.54) is 17.8 Å². The Bertz CT molecular complexity index is 425. The molecule has 1 saturated carbocycles. The molecule has 0 aromatic heterocycles. The van der Waals surface area contributed by atoms with Crippen molar-refractivity contribution in [2.45, 2.75) is 23.3 Å². The summed E-state index contributed by atoms with van der Waals surface area (Å²) in [5.74, 6) is 0.495. The zero-order chi connectivity index (χ0) is 11.6. The zero-order valence-corrected chi connectivity index (χ0v) is 9.64. The molecule has 0 saturated heterocycles. The fraction of sp³-hybridized carbons (Fsp3) is 0.417. The lowest BCUT2D eigenvalue weighted by Crippen LogP contribution is -2.43. The number of halogens is 1. The second kappa shape index (κ2) is 4.44. The minimum absolute atomic E-state index is 0.247. The van der Waals surface area contributed by atoms with Crippen molar-refractivity contribution >= 4 is 11.8 Å². The molecule has 4 heteroatoms. The van der Waals surface area contributed by atoms with Crippen LogP contribution in [-0.4, -0.2) is 11.3 Å². The maximum atomic E-state index is 13.3. The summed E-state index contributed by atoms with van der Waals surface area (Å²) >= 11 is 1.32. The van der Waals surface area contributed by atoms with Gasteiger partial charge in [-0.1, -0.05) is 12.1 Å². The van der Waals surface area contributed by atoms with E-state index < -0.39 is 5.54 Å². The first-order valence-electron chi connectivity index (χ1n) is 5.23. The Labute approximate surface area is 98.6 Å². The van der Waals surface area contributed by atoms with Crippen LogP contribution in [0.5, 0.6) is 0 Å². The number of hydrogen-bond donors (Lipinski definition) is 1. The number of nitrogens with zero attached hydrogens (tertiary/aromatic N) is 1. The lowest BCUT2D eigenvalue weighted by atomic mass is 10.00. The highest BCUT2D eigenvalue weighted by Gasteiger charge is 2.42. The smallest absolute Gasteiger partial charge is 0.136 e. The van der Waals surface area contributed by atoms with Crippen molar-refractivity contribution < 1.29 is 4.39 Å². The molecule has 0 radical (unpaired) electrons. The Hall–Kier alpha value is -1.05. The van der Waals surface area contributed by atoms with Gasteiger partial charge in [-0.15, -0.1) is 11.8 Å². The molecule has 2 rings (SSSR count). The second-order valence-electron chi connectivity index (χ2n) is 4.15. The number of thioether (sulfide) groups is 1. The van der Waals surface area contributed by atoms with E-state index in [9.17, 15) is 4.39 Å². The van der Waals surface area contributed by atoms with Gasteiger partial charge in [0, 0.05) is 10.6 Å². The highest BCUT2D eigenvalue weighted by Crippen LogP contribution is 2.40. The SMILES string of the molecule is N#CC(N)(CSc1ccccc1F)C1CC1. The van der Waals surface area contributed by atoms with Gasteiger partial charge in [0.05, 0.1) is 6.07 Å². The van der Waals surface area contributed by atoms with E-state index in [4.69, 9.17) is 11.0 Å². The number of nitriles is 1. The third-order valence-electron chi connectivity index (χ3n) is 2.82. The van der Waals surface area contributed by atoms with Crippen LogP contribution in [0.2, 0.25) is 0 Å². The van der Waals surface area contributed by atoms with E-state index >= 15 is 0 Å². The van der Waals surface area contributed by atoms with Crippen LogP contribution in [0, 0.1) is 23.1 Å². The number of nitrogens with two attached hydrogens (primary N) is 1. The van der Waals surface area contributed by atoms with Crippen LogP contribution in [0.1, 0.15) is 12.8 Å². The van der Waals surface area contributed by atoms with Crippen molar-refractivity contribution in [2.24, 2.45) is 11.7 Å². The first kappa shape index (κ1) is 11.4. The predicted octanol–water partition coefficient (Wildman–Crippen LogP) is 2.55. The van der Waals surface area contributed by atoms with Gasteiger partial charge in [-0.3, -0.25) is 0 Å².